The Bertz CT molecular complexity index is 1090. The van der Waals surface area contributed by atoms with E-state index in [0.717, 1.165) is 28.0 Å². The van der Waals surface area contributed by atoms with Crippen LogP contribution in [0.3, 0.4) is 0 Å². The van der Waals surface area contributed by atoms with Gasteiger partial charge < -0.3 is 9.47 Å². The van der Waals surface area contributed by atoms with Crippen molar-refractivity contribution in [2.24, 2.45) is 0 Å². The third-order valence-electron chi connectivity index (χ3n) is 5.07. The van der Waals surface area contributed by atoms with Gasteiger partial charge in [0.05, 0.1) is 23.1 Å². The van der Waals surface area contributed by atoms with Crippen LogP contribution < -0.4 is 0 Å². The van der Waals surface area contributed by atoms with Gasteiger partial charge in [-0.05, 0) is 44.4 Å². The topological polar surface area (TPSA) is 87.7 Å². The molecule has 4 heterocycles. The number of nitriles is 1. The van der Waals surface area contributed by atoms with Crippen molar-refractivity contribution in [3.8, 4) is 6.07 Å². The van der Waals surface area contributed by atoms with Gasteiger partial charge in [0.2, 0.25) is 0 Å². The van der Waals surface area contributed by atoms with Crippen LogP contribution in [0.1, 0.15) is 52.6 Å². The number of nitrogens with zero attached hydrogens (tertiary/aromatic N) is 6. The lowest BCUT2D eigenvalue weighted by Crippen LogP contribution is -2.36. The van der Waals surface area contributed by atoms with Crippen molar-refractivity contribution < 1.29 is 4.79 Å². The zero-order chi connectivity index (χ0) is 19.1. The average Bonchev–Trinajstić information content (AvgIpc) is 3.10. The Hall–Kier alpha value is -3.27. The number of amides is 1. The molecule has 0 saturated carbocycles. The number of hydrogen-bond acceptors (Lipinski definition) is 5. The number of aromatic nitrogens is 4. The average molecular weight is 360 g/mol. The molecule has 0 radical (unpaired) electrons. The number of imidazole rings is 1. The lowest BCUT2D eigenvalue weighted by atomic mass is 9.95. The van der Waals surface area contributed by atoms with Crippen molar-refractivity contribution in [3.05, 3.63) is 52.7 Å². The Labute approximate surface area is 157 Å². The first-order chi connectivity index (χ1) is 13.0. The fraction of sp³-hybridized carbons (Fsp3) is 0.350. The highest BCUT2D eigenvalue weighted by Crippen LogP contribution is 2.25. The number of pyridine rings is 2. The van der Waals surface area contributed by atoms with E-state index in [2.05, 4.69) is 34.9 Å². The predicted octanol–water partition coefficient (Wildman–Crippen LogP) is 2.79. The molecule has 0 fully saturated rings. The van der Waals surface area contributed by atoms with E-state index in [-0.39, 0.29) is 11.9 Å². The van der Waals surface area contributed by atoms with E-state index in [1.165, 1.54) is 0 Å². The van der Waals surface area contributed by atoms with Gasteiger partial charge in [0.1, 0.15) is 11.6 Å². The molecule has 7 heteroatoms. The molecular weight excluding hydrogens is 340 g/mol. The summed E-state index contributed by atoms with van der Waals surface area (Å²) in [6, 6.07) is 4.30. The smallest absolute Gasteiger partial charge is 0.255 e. The van der Waals surface area contributed by atoms with E-state index >= 15 is 0 Å². The Balaban J connectivity index is 1.63. The molecule has 0 aliphatic carbocycles. The Morgan fingerprint density at radius 3 is 2.81 bits per heavy atom. The quantitative estimate of drug-likeness (QED) is 0.701. The largest absolute Gasteiger partial charge is 0.334 e. The molecule has 4 rings (SSSR count). The number of aryl methyl sites for hydroxylation is 1. The standard InChI is InChI=1S/C20H20N6O/c1-12(2)26-11-24-18-6-14(8-23-19(18)26)20(27)25-5-4-16-15(10-25)9-22-13(3)17(16)7-21/h6,8-9,11-12H,4-5,10H2,1-3H3. The summed E-state index contributed by atoms with van der Waals surface area (Å²) in [6.07, 6.45) is 5.81. The second-order valence-electron chi connectivity index (χ2n) is 7.12. The van der Waals surface area contributed by atoms with Gasteiger partial charge in [-0.2, -0.15) is 5.26 Å². The fourth-order valence-corrected chi connectivity index (χ4v) is 3.57. The molecule has 136 valence electrons. The van der Waals surface area contributed by atoms with Crippen LogP contribution in [0, 0.1) is 18.3 Å². The zero-order valence-corrected chi connectivity index (χ0v) is 15.6. The summed E-state index contributed by atoms with van der Waals surface area (Å²) in [6.45, 7) is 7.00. The van der Waals surface area contributed by atoms with E-state index < -0.39 is 0 Å². The highest BCUT2D eigenvalue weighted by molar-refractivity contribution is 5.96. The van der Waals surface area contributed by atoms with Crippen molar-refractivity contribution in [1.29, 1.82) is 5.26 Å². The van der Waals surface area contributed by atoms with Crippen LogP contribution in [0.25, 0.3) is 11.2 Å². The highest BCUT2D eigenvalue weighted by atomic mass is 16.2. The summed E-state index contributed by atoms with van der Waals surface area (Å²) in [7, 11) is 0. The van der Waals surface area contributed by atoms with Crippen molar-refractivity contribution >= 4 is 17.1 Å². The molecule has 0 unspecified atom stereocenters. The number of carbonyl (C=O) groups excluding carboxylic acids is 1. The molecule has 1 aliphatic rings. The minimum absolute atomic E-state index is 0.0757. The van der Waals surface area contributed by atoms with Crippen LogP contribution in [-0.2, 0) is 13.0 Å². The normalized spacial score (nSPS) is 13.7. The van der Waals surface area contributed by atoms with Gasteiger partial charge in [0, 0.05) is 31.5 Å². The van der Waals surface area contributed by atoms with Gasteiger partial charge in [-0.3, -0.25) is 9.78 Å². The molecule has 7 nitrogen and oxygen atoms in total. The van der Waals surface area contributed by atoms with Crippen molar-refractivity contribution in [3.63, 3.8) is 0 Å². The molecule has 3 aromatic heterocycles. The highest BCUT2D eigenvalue weighted by Gasteiger charge is 2.25. The summed E-state index contributed by atoms with van der Waals surface area (Å²) in [5.74, 6) is -0.0757. The molecule has 0 atom stereocenters. The van der Waals surface area contributed by atoms with E-state index in [9.17, 15) is 10.1 Å². The van der Waals surface area contributed by atoms with E-state index in [0.29, 0.717) is 30.6 Å². The van der Waals surface area contributed by atoms with Crippen molar-refractivity contribution in [2.75, 3.05) is 6.54 Å². The van der Waals surface area contributed by atoms with Crippen LogP contribution in [0.4, 0.5) is 0 Å². The van der Waals surface area contributed by atoms with E-state index in [1.807, 2.05) is 11.5 Å². The Kier molecular flexibility index (Phi) is 4.11. The second kappa shape index (κ2) is 6.47. The van der Waals surface area contributed by atoms with Crippen LogP contribution in [0.5, 0.6) is 0 Å². The molecule has 1 amide bonds. The molecule has 0 spiro atoms. The van der Waals surface area contributed by atoms with Gasteiger partial charge in [0.15, 0.2) is 5.65 Å². The van der Waals surface area contributed by atoms with Gasteiger partial charge >= 0.3 is 0 Å². The Morgan fingerprint density at radius 2 is 2.07 bits per heavy atom. The lowest BCUT2D eigenvalue weighted by molar-refractivity contribution is 0.0734. The molecule has 0 saturated heterocycles. The maximum absolute atomic E-state index is 13.0. The molecule has 27 heavy (non-hydrogen) atoms. The fourth-order valence-electron chi connectivity index (χ4n) is 3.57. The Morgan fingerprint density at radius 1 is 1.26 bits per heavy atom. The molecule has 0 N–H and O–H groups in total. The summed E-state index contributed by atoms with van der Waals surface area (Å²) in [4.78, 5) is 27.9. The third-order valence-corrected chi connectivity index (χ3v) is 5.07. The number of carbonyl (C=O) groups is 1. The summed E-state index contributed by atoms with van der Waals surface area (Å²) < 4.78 is 1.98. The second-order valence-corrected chi connectivity index (χ2v) is 7.12. The zero-order valence-electron chi connectivity index (χ0n) is 15.6. The minimum Gasteiger partial charge on any atom is -0.334 e. The van der Waals surface area contributed by atoms with Gasteiger partial charge in [0.25, 0.3) is 5.91 Å². The first-order valence-corrected chi connectivity index (χ1v) is 8.99. The number of rotatable bonds is 2. The summed E-state index contributed by atoms with van der Waals surface area (Å²) in [5, 5.41) is 9.38. The SMILES string of the molecule is Cc1ncc2c(c1C#N)CCN(C(=O)c1cnc3c(c1)ncn3C(C)C)C2. The third kappa shape index (κ3) is 2.83. The van der Waals surface area contributed by atoms with Gasteiger partial charge in [-0.25, -0.2) is 9.97 Å². The predicted molar refractivity (Wildman–Crippen MR) is 100 cm³/mol. The van der Waals surface area contributed by atoms with Crippen LogP contribution in [-0.4, -0.2) is 36.9 Å². The summed E-state index contributed by atoms with van der Waals surface area (Å²) >= 11 is 0. The molecular formula is C20H20N6O. The van der Waals surface area contributed by atoms with Gasteiger partial charge in [-0.1, -0.05) is 0 Å². The number of fused-ring (bicyclic) bond motifs is 2. The van der Waals surface area contributed by atoms with Crippen LogP contribution >= 0.6 is 0 Å². The lowest BCUT2D eigenvalue weighted by Gasteiger charge is -2.29. The maximum Gasteiger partial charge on any atom is 0.255 e. The van der Waals surface area contributed by atoms with Crippen LogP contribution in [0.15, 0.2) is 24.8 Å². The molecule has 0 aromatic carbocycles. The maximum atomic E-state index is 13.0. The molecule has 3 aromatic rings. The first kappa shape index (κ1) is 17.2. The van der Waals surface area contributed by atoms with Gasteiger partial charge in [-0.15, -0.1) is 0 Å². The monoisotopic (exact) mass is 360 g/mol. The van der Waals surface area contributed by atoms with Crippen molar-refractivity contribution in [1.82, 2.24) is 24.4 Å². The van der Waals surface area contributed by atoms with E-state index in [4.69, 9.17) is 0 Å². The minimum atomic E-state index is -0.0757. The molecule has 0 bridgehead atoms. The number of hydrogen-bond donors (Lipinski definition) is 0. The first-order valence-electron chi connectivity index (χ1n) is 8.99. The van der Waals surface area contributed by atoms with Crippen molar-refractivity contribution in [2.45, 2.75) is 39.8 Å². The van der Waals surface area contributed by atoms with E-state index in [1.54, 1.807) is 29.7 Å². The molecule has 1 aliphatic heterocycles. The summed E-state index contributed by atoms with van der Waals surface area (Å²) in [5.41, 5.74) is 5.36. The van der Waals surface area contributed by atoms with Crippen LogP contribution in [0.2, 0.25) is 0 Å².